The largest absolute Gasteiger partial charge is 0.361 e. The van der Waals surface area contributed by atoms with Crippen LogP contribution in [0.5, 0.6) is 0 Å². The molecule has 0 bridgehead atoms. The molecule has 0 spiro atoms. The van der Waals surface area contributed by atoms with E-state index in [1.165, 1.54) is 19.4 Å². The summed E-state index contributed by atoms with van der Waals surface area (Å²) in [5, 5.41) is 0. The maximum atomic E-state index is 12.6. The predicted molar refractivity (Wildman–Crippen MR) is 83.3 cm³/mol. The van der Waals surface area contributed by atoms with Gasteiger partial charge in [-0.25, -0.2) is 0 Å². The zero-order valence-corrected chi connectivity index (χ0v) is 14.0. The Hall–Kier alpha value is -0.450. The van der Waals surface area contributed by atoms with Gasteiger partial charge in [-0.3, -0.25) is 9.69 Å². The van der Waals surface area contributed by atoms with E-state index in [-0.39, 0.29) is 17.3 Å². The van der Waals surface area contributed by atoms with Gasteiger partial charge in [0.2, 0.25) is 0 Å². The van der Waals surface area contributed by atoms with Gasteiger partial charge in [0.25, 0.3) is 0 Å². The summed E-state index contributed by atoms with van der Waals surface area (Å²) in [5.74, 6) is 1.25. The highest BCUT2D eigenvalue weighted by Crippen LogP contribution is 2.39. The van der Waals surface area contributed by atoms with Crippen molar-refractivity contribution in [2.75, 3.05) is 39.3 Å². The number of hydrogen-bond donors (Lipinski definition) is 0. The highest BCUT2D eigenvalue weighted by atomic mass is 16.5. The lowest BCUT2D eigenvalue weighted by atomic mass is 9.85. The number of nitrogens with zero attached hydrogens (tertiary/aromatic N) is 2. The summed E-state index contributed by atoms with van der Waals surface area (Å²) in [7, 11) is 0. The lowest BCUT2D eigenvalue weighted by molar-refractivity contribution is -0.132. The van der Waals surface area contributed by atoms with E-state index in [1.54, 1.807) is 0 Å². The molecule has 0 amide bonds. The van der Waals surface area contributed by atoms with Crippen LogP contribution in [-0.2, 0) is 9.53 Å². The summed E-state index contributed by atoms with van der Waals surface area (Å²) in [6.45, 7) is 14.6. The van der Waals surface area contributed by atoms with Gasteiger partial charge < -0.3 is 9.64 Å². The molecule has 21 heavy (non-hydrogen) atoms. The second-order valence-corrected chi connectivity index (χ2v) is 8.18. The molecule has 120 valence electrons. The molecule has 3 aliphatic rings. The average Bonchev–Trinajstić information content (AvgIpc) is 3.16. The molecule has 1 saturated carbocycles. The number of ether oxygens (including phenoxy) is 1. The van der Waals surface area contributed by atoms with Gasteiger partial charge in [-0.1, -0.05) is 0 Å². The van der Waals surface area contributed by atoms with Crippen molar-refractivity contribution in [3.63, 3.8) is 0 Å². The van der Waals surface area contributed by atoms with E-state index in [9.17, 15) is 4.79 Å². The number of carbonyl (C=O) groups excluding carboxylic acids is 1. The normalized spacial score (nSPS) is 33.5. The number of carbonyl (C=O) groups is 1. The van der Waals surface area contributed by atoms with Crippen LogP contribution in [0.4, 0.5) is 0 Å². The number of ketones is 1. The maximum absolute atomic E-state index is 12.6. The van der Waals surface area contributed by atoms with Crippen molar-refractivity contribution >= 4 is 5.78 Å². The summed E-state index contributed by atoms with van der Waals surface area (Å²) >= 11 is 0. The van der Waals surface area contributed by atoms with E-state index < -0.39 is 5.60 Å². The SMILES string of the molecule is CC1(C)OC(C)(C)C(CN2CCN(CC3CC3)CC2)C1=O. The lowest BCUT2D eigenvalue weighted by Gasteiger charge is -2.37. The van der Waals surface area contributed by atoms with Crippen molar-refractivity contribution in [2.24, 2.45) is 11.8 Å². The van der Waals surface area contributed by atoms with Gasteiger partial charge in [-0.15, -0.1) is 0 Å². The molecule has 1 atom stereocenters. The Morgan fingerprint density at radius 3 is 1.95 bits per heavy atom. The fraction of sp³-hybridized carbons (Fsp3) is 0.941. The van der Waals surface area contributed by atoms with Gasteiger partial charge >= 0.3 is 0 Å². The minimum absolute atomic E-state index is 0.00230. The van der Waals surface area contributed by atoms with E-state index in [1.807, 2.05) is 13.8 Å². The zero-order chi connectivity index (χ0) is 15.3. The third kappa shape index (κ3) is 3.33. The molecule has 3 fully saturated rings. The molecule has 3 rings (SSSR count). The molecular formula is C17H30N2O2. The third-order valence-corrected chi connectivity index (χ3v) is 5.39. The molecule has 4 nitrogen and oxygen atoms in total. The number of Topliss-reactive ketones (excluding diaryl/α,β-unsaturated/α-hetero) is 1. The van der Waals surface area contributed by atoms with Crippen molar-refractivity contribution in [1.29, 1.82) is 0 Å². The van der Waals surface area contributed by atoms with E-state index in [2.05, 4.69) is 23.6 Å². The quantitative estimate of drug-likeness (QED) is 0.791. The van der Waals surface area contributed by atoms with Crippen LogP contribution in [0, 0.1) is 11.8 Å². The molecular weight excluding hydrogens is 264 g/mol. The standard InChI is InChI=1S/C17H30N2O2/c1-16(2)14(15(20)17(3,4)21-16)12-19-9-7-18(8-10-19)11-13-5-6-13/h13-14H,5-12H2,1-4H3. The molecule has 4 heteroatoms. The first kappa shape index (κ1) is 15.4. The van der Waals surface area contributed by atoms with Crippen molar-refractivity contribution < 1.29 is 9.53 Å². The van der Waals surface area contributed by atoms with E-state index in [4.69, 9.17) is 4.74 Å². The predicted octanol–water partition coefficient (Wildman–Crippen LogP) is 1.79. The molecule has 0 aromatic carbocycles. The van der Waals surface area contributed by atoms with Crippen molar-refractivity contribution in [1.82, 2.24) is 9.80 Å². The first-order chi connectivity index (χ1) is 9.78. The van der Waals surface area contributed by atoms with E-state index in [0.29, 0.717) is 0 Å². The Bertz CT molecular complexity index is 407. The van der Waals surface area contributed by atoms with Gasteiger partial charge in [-0.05, 0) is 46.5 Å². The summed E-state index contributed by atoms with van der Waals surface area (Å²) in [4.78, 5) is 17.6. The van der Waals surface area contributed by atoms with Crippen molar-refractivity contribution in [3.8, 4) is 0 Å². The zero-order valence-electron chi connectivity index (χ0n) is 14.0. The van der Waals surface area contributed by atoms with Crippen LogP contribution in [0.2, 0.25) is 0 Å². The topological polar surface area (TPSA) is 32.8 Å². The van der Waals surface area contributed by atoms with Crippen LogP contribution in [0.1, 0.15) is 40.5 Å². The number of rotatable bonds is 4. The van der Waals surface area contributed by atoms with Gasteiger partial charge in [0.1, 0.15) is 5.60 Å². The molecule has 0 aromatic heterocycles. The molecule has 2 heterocycles. The fourth-order valence-corrected chi connectivity index (χ4v) is 3.90. The number of hydrogen-bond acceptors (Lipinski definition) is 4. The summed E-state index contributed by atoms with van der Waals surface area (Å²) in [6.07, 6.45) is 2.86. The third-order valence-electron chi connectivity index (χ3n) is 5.39. The Kier molecular flexibility index (Phi) is 3.92. The fourth-order valence-electron chi connectivity index (χ4n) is 3.90. The van der Waals surface area contributed by atoms with E-state index in [0.717, 1.165) is 38.6 Å². The van der Waals surface area contributed by atoms with Crippen LogP contribution < -0.4 is 0 Å². The molecule has 2 aliphatic heterocycles. The van der Waals surface area contributed by atoms with E-state index >= 15 is 0 Å². The Labute approximate surface area is 128 Å². The monoisotopic (exact) mass is 294 g/mol. The van der Waals surface area contributed by atoms with Crippen LogP contribution in [0.15, 0.2) is 0 Å². The van der Waals surface area contributed by atoms with Gasteiger partial charge in [0.05, 0.1) is 11.5 Å². The van der Waals surface area contributed by atoms with Crippen LogP contribution >= 0.6 is 0 Å². The van der Waals surface area contributed by atoms with Gasteiger partial charge in [0.15, 0.2) is 5.78 Å². The summed E-state index contributed by atoms with van der Waals surface area (Å²) in [6, 6.07) is 0. The highest BCUT2D eigenvalue weighted by molar-refractivity contribution is 5.91. The highest BCUT2D eigenvalue weighted by Gasteiger charge is 2.53. The number of piperazine rings is 1. The van der Waals surface area contributed by atoms with Crippen molar-refractivity contribution in [3.05, 3.63) is 0 Å². The van der Waals surface area contributed by atoms with Crippen LogP contribution in [0.25, 0.3) is 0 Å². The lowest BCUT2D eigenvalue weighted by Crippen LogP contribution is -2.50. The molecule has 0 N–H and O–H groups in total. The minimum Gasteiger partial charge on any atom is -0.361 e. The van der Waals surface area contributed by atoms with Crippen LogP contribution in [-0.4, -0.2) is 66.1 Å². The molecule has 0 radical (unpaired) electrons. The summed E-state index contributed by atoms with van der Waals surface area (Å²) in [5.41, 5.74) is -0.965. The smallest absolute Gasteiger partial charge is 0.171 e. The first-order valence-electron chi connectivity index (χ1n) is 8.47. The Morgan fingerprint density at radius 1 is 1.00 bits per heavy atom. The molecule has 0 aromatic rings. The first-order valence-corrected chi connectivity index (χ1v) is 8.47. The Balaban J connectivity index is 1.53. The Morgan fingerprint density at radius 2 is 1.52 bits per heavy atom. The van der Waals surface area contributed by atoms with Crippen LogP contribution in [0.3, 0.4) is 0 Å². The average molecular weight is 294 g/mol. The second-order valence-electron chi connectivity index (χ2n) is 8.18. The van der Waals surface area contributed by atoms with Gasteiger partial charge in [0, 0.05) is 39.3 Å². The molecule has 1 aliphatic carbocycles. The summed E-state index contributed by atoms with van der Waals surface area (Å²) < 4.78 is 6.00. The van der Waals surface area contributed by atoms with Gasteiger partial charge in [-0.2, -0.15) is 0 Å². The molecule has 1 unspecified atom stereocenters. The molecule has 2 saturated heterocycles. The van der Waals surface area contributed by atoms with Crippen molar-refractivity contribution in [2.45, 2.75) is 51.7 Å². The second kappa shape index (κ2) is 5.32. The maximum Gasteiger partial charge on any atom is 0.171 e. The minimum atomic E-state index is -0.623.